The molecule has 1 N–H and O–H groups in total. The Hall–Kier alpha value is -4.52. The molecule has 0 bridgehead atoms. The van der Waals surface area contributed by atoms with Crippen LogP contribution >= 0.6 is 22.6 Å². The van der Waals surface area contributed by atoms with Gasteiger partial charge in [0.2, 0.25) is 0 Å². The fraction of sp³-hybridized carbons (Fsp3) is 0.324. The van der Waals surface area contributed by atoms with Gasteiger partial charge in [0.25, 0.3) is 0 Å². The van der Waals surface area contributed by atoms with Crippen molar-refractivity contribution >= 4 is 45.4 Å². The monoisotopic (exact) mass is 761 g/mol. The summed E-state index contributed by atoms with van der Waals surface area (Å²) >= 11 is 2.33. The van der Waals surface area contributed by atoms with E-state index >= 15 is 0 Å². The molecule has 0 radical (unpaired) electrons. The van der Waals surface area contributed by atoms with E-state index in [-0.39, 0.29) is 12.1 Å². The van der Waals surface area contributed by atoms with Gasteiger partial charge in [-0.15, -0.1) is 0 Å². The molecule has 2 aromatic heterocycles. The van der Waals surface area contributed by atoms with E-state index in [4.69, 9.17) is 29.0 Å². The molecule has 1 saturated heterocycles. The second-order valence-electron chi connectivity index (χ2n) is 12.7. The maximum absolute atomic E-state index is 13.1. The zero-order valence-corrected chi connectivity index (χ0v) is 30.0. The lowest BCUT2D eigenvalue weighted by Crippen LogP contribution is -2.43. The Balaban J connectivity index is 1.40. The predicted molar refractivity (Wildman–Crippen MR) is 195 cm³/mol. The molecule has 1 fully saturated rings. The molecule has 0 aliphatic carbocycles. The molecule has 1 aliphatic rings. The van der Waals surface area contributed by atoms with Crippen molar-refractivity contribution < 1.29 is 23.7 Å². The first-order valence-corrected chi connectivity index (χ1v) is 17.0. The highest BCUT2D eigenvalue weighted by Crippen LogP contribution is 2.39. The van der Waals surface area contributed by atoms with E-state index in [2.05, 4.69) is 32.6 Å². The summed E-state index contributed by atoms with van der Waals surface area (Å²) in [7, 11) is 3.29. The van der Waals surface area contributed by atoms with Crippen LogP contribution in [0.15, 0.2) is 79.0 Å². The lowest BCUT2D eigenvalue weighted by atomic mass is 10.1. The number of nitrogens with one attached hydrogen (secondary N) is 1. The van der Waals surface area contributed by atoms with Crippen molar-refractivity contribution in [1.29, 1.82) is 0 Å². The zero-order valence-electron chi connectivity index (χ0n) is 27.8. The zero-order chi connectivity index (χ0) is 33.8. The van der Waals surface area contributed by atoms with E-state index in [0.717, 1.165) is 67.1 Å². The lowest BCUT2D eigenvalue weighted by molar-refractivity contribution is 0.0169. The van der Waals surface area contributed by atoms with Gasteiger partial charge in [0, 0.05) is 43.0 Å². The lowest BCUT2D eigenvalue weighted by Gasteiger charge is -2.34. The number of ether oxygens (including phenoxy) is 4. The Bertz CT molecular complexity index is 1890. The van der Waals surface area contributed by atoms with Crippen molar-refractivity contribution in [1.82, 2.24) is 19.7 Å². The summed E-state index contributed by atoms with van der Waals surface area (Å²) in [6.45, 7) is 7.29. The van der Waals surface area contributed by atoms with Crippen LogP contribution in [0.1, 0.15) is 45.2 Å². The molecule has 0 unspecified atom stereocenters. The van der Waals surface area contributed by atoms with Crippen molar-refractivity contribution in [2.24, 2.45) is 0 Å². The summed E-state index contributed by atoms with van der Waals surface area (Å²) in [5.74, 6) is 3.64. The maximum atomic E-state index is 13.1. The molecular formula is C37H40IN5O5. The molecule has 0 spiro atoms. The molecular weight excluding hydrogens is 721 g/mol. The topological polar surface area (TPSA) is 100.0 Å². The smallest absolute Gasteiger partial charge is 0.410 e. The molecule has 48 heavy (non-hydrogen) atoms. The second kappa shape index (κ2) is 14.3. The Morgan fingerprint density at radius 2 is 1.71 bits per heavy atom. The molecule has 3 aromatic carbocycles. The Morgan fingerprint density at radius 3 is 2.42 bits per heavy atom. The summed E-state index contributed by atoms with van der Waals surface area (Å²) < 4.78 is 25.9. The number of hydrogen-bond acceptors (Lipinski definition) is 8. The van der Waals surface area contributed by atoms with E-state index < -0.39 is 5.60 Å². The number of pyridine rings is 1. The molecule has 11 heteroatoms. The van der Waals surface area contributed by atoms with Crippen LogP contribution in [0.4, 0.5) is 10.6 Å². The number of rotatable bonds is 9. The molecule has 1 atom stereocenters. The summed E-state index contributed by atoms with van der Waals surface area (Å²) in [5, 5.41) is 9.74. The summed E-state index contributed by atoms with van der Waals surface area (Å²) in [6, 6.07) is 23.4. The van der Waals surface area contributed by atoms with Crippen molar-refractivity contribution in [3.05, 3.63) is 88.1 Å². The average molecular weight is 762 g/mol. The summed E-state index contributed by atoms with van der Waals surface area (Å²) in [4.78, 5) is 19.8. The third-order valence-corrected chi connectivity index (χ3v) is 8.91. The minimum atomic E-state index is -0.569. The Morgan fingerprint density at radius 1 is 0.979 bits per heavy atom. The van der Waals surface area contributed by atoms with Gasteiger partial charge in [-0.2, -0.15) is 5.10 Å². The quantitative estimate of drug-likeness (QED) is 0.149. The standard InChI is InChI=1S/C37H40IN5O5/c1-37(2,3)48-36(44)42-19-9-10-26(23-42)43-34-30(38)22-40-35(39-21-25-15-18-29(45-4)20-31(25)46-5)32(34)33(41-43)24-13-16-28(17-14-24)47-27-11-7-6-8-12-27/h6-8,11-18,20,22,26H,9-10,19,21,23H2,1-5H3,(H,39,40)/t26-/m1/s1. The van der Waals surface area contributed by atoms with E-state index in [1.807, 2.05) is 99.8 Å². The molecule has 10 nitrogen and oxygen atoms in total. The normalized spacial score (nSPS) is 14.9. The minimum absolute atomic E-state index is 0.0475. The van der Waals surface area contributed by atoms with Gasteiger partial charge in [-0.25, -0.2) is 9.78 Å². The van der Waals surface area contributed by atoms with E-state index in [1.165, 1.54) is 0 Å². The molecule has 6 rings (SSSR count). The van der Waals surface area contributed by atoms with Gasteiger partial charge in [-0.05, 0) is 105 Å². The van der Waals surface area contributed by atoms with Crippen LogP contribution in [0.5, 0.6) is 23.0 Å². The molecule has 0 saturated carbocycles. The van der Waals surface area contributed by atoms with Crippen molar-refractivity contribution in [3.8, 4) is 34.3 Å². The molecule has 1 aliphatic heterocycles. The number of para-hydroxylation sites is 1. The van der Waals surface area contributed by atoms with E-state index in [9.17, 15) is 4.79 Å². The average Bonchev–Trinajstić information content (AvgIpc) is 3.50. The van der Waals surface area contributed by atoms with Crippen molar-refractivity contribution in [2.45, 2.75) is 51.8 Å². The van der Waals surface area contributed by atoms with Gasteiger partial charge < -0.3 is 29.2 Å². The number of halogens is 1. The first-order valence-electron chi connectivity index (χ1n) is 16.0. The highest BCUT2D eigenvalue weighted by Gasteiger charge is 2.31. The molecule has 250 valence electrons. The third-order valence-electron chi connectivity index (χ3n) is 8.12. The first-order chi connectivity index (χ1) is 23.1. The fourth-order valence-electron chi connectivity index (χ4n) is 5.86. The van der Waals surface area contributed by atoms with Crippen molar-refractivity contribution in [2.75, 3.05) is 32.6 Å². The number of fused-ring (bicyclic) bond motifs is 1. The number of anilines is 1. The van der Waals surface area contributed by atoms with Crippen LogP contribution in [0.25, 0.3) is 22.2 Å². The van der Waals surface area contributed by atoms with Crippen LogP contribution in [-0.4, -0.2) is 58.7 Å². The predicted octanol–water partition coefficient (Wildman–Crippen LogP) is 8.70. The number of carbonyl (C=O) groups is 1. The van der Waals surface area contributed by atoms with Gasteiger partial charge in [0.15, 0.2) is 0 Å². The number of aromatic nitrogens is 3. The molecule has 5 aromatic rings. The van der Waals surface area contributed by atoms with Gasteiger partial charge >= 0.3 is 6.09 Å². The van der Waals surface area contributed by atoms with Crippen molar-refractivity contribution in [3.63, 3.8) is 0 Å². The SMILES string of the molecule is COc1ccc(CNc2ncc(I)c3c2c(-c2ccc(Oc4ccccc4)cc2)nn3[C@@H]2CCCN(C(=O)OC(C)(C)C)C2)c(OC)c1. The van der Waals surface area contributed by atoms with E-state index in [0.29, 0.717) is 25.5 Å². The van der Waals surface area contributed by atoms with Gasteiger partial charge in [-0.3, -0.25) is 4.68 Å². The molecule has 3 heterocycles. The number of likely N-dealkylation sites (tertiary alicyclic amines) is 1. The third kappa shape index (κ3) is 7.46. The Labute approximate surface area is 294 Å². The first kappa shape index (κ1) is 33.4. The van der Waals surface area contributed by atoms with E-state index in [1.54, 1.807) is 19.1 Å². The number of piperidine rings is 1. The van der Waals surface area contributed by atoms with Gasteiger partial charge in [-0.1, -0.05) is 18.2 Å². The van der Waals surface area contributed by atoms with Crippen LogP contribution in [0.2, 0.25) is 0 Å². The number of benzene rings is 3. The van der Waals surface area contributed by atoms with Crippen LogP contribution in [0, 0.1) is 3.57 Å². The molecule has 1 amide bonds. The van der Waals surface area contributed by atoms with Crippen LogP contribution in [0.3, 0.4) is 0 Å². The summed E-state index contributed by atoms with van der Waals surface area (Å²) in [5.41, 5.74) is 3.07. The fourth-order valence-corrected chi connectivity index (χ4v) is 6.52. The largest absolute Gasteiger partial charge is 0.497 e. The number of nitrogens with zero attached hydrogens (tertiary/aromatic N) is 4. The van der Waals surface area contributed by atoms with Gasteiger partial charge in [0.1, 0.15) is 40.1 Å². The summed E-state index contributed by atoms with van der Waals surface area (Å²) in [6.07, 6.45) is 3.29. The van der Waals surface area contributed by atoms with Crippen LogP contribution in [-0.2, 0) is 11.3 Å². The number of carbonyl (C=O) groups excluding carboxylic acids is 1. The van der Waals surface area contributed by atoms with Gasteiger partial charge in [0.05, 0.1) is 34.7 Å². The highest BCUT2D eigenvalue weighted by molar-refractivity contribution is 14.1. The minimum Gasteiger partial charge on any atom is -0.497 e. The number of amides is 1. The number of hydrogen-bond donors (Lipinski definition) is 1. The van der Waals surface area contributed by atoms with Crippen LogP contribution < -0.4 is 19.5 Å². The Kier molecular flexibility index (Phi) is 9.95. The maximum Gasteiger partial charge on any atom is 0.410 e. The second-order valence-corrected chi connectivity index (χ2v) is 13.8. The number of methoxy groups -OCH3 is 2. The highest BCUT2D eigenvalue weighted by atomic mass is 127.